The molecule has 1 amide bonds. The number of benzene rings is 1. The summed E-state index contributed by atoms with van der Waals surface area (Å²) in [5.74, 6) is 0.832. The highest BCUT2D eigenvalue weighted by atomic mass is 16.5. The standard InChI is InChI=1S/C17H26N2O2/c1-3-15(18)11-14-7-6-8-16(12-14)21-13(2)17(20)19-9-4-5-10-19/h6-8,12-13,15H,3-5,9-11,18H2,1-2H3. The van der Waals surface area contributed by atoms with Crippen molar-refractivity contribution < 1.29 is 9.53 Å². The third-order valence-corrected chi connectivity index (χ3v) is 4.00. The first-order valence-corrected chi connectivity index (χ1v) is 7.90. The number of carbonyl (C=O) groups excluding carboxylic acids is 1. The van der Waals surface area contributed by atoms with Gasteiger partial charge in [-0.3, -0.25) is 4.79 Å². The highest BCUT2D eigenvalue weighted by Gasteiger charge is 2.24. The second kappa shape index (κ2) is 7.46. The number of carbonyl (C=O) groups is 1. The van der Waals surface area contributed by atoms with E-state index in [1.54, 1.807) is 0 Å². The Balaban J connectivity index is 1.95. The summed E-state index contributed by atoms with van der Waals surface area (Å²) in [6.45, 7) is 5.63. The molecule has 0 aliphatic carbocycles. The summed E-state index contributed by atoms with van der Waals surface area (Å²) in [7, 11) is 0. The minimum Gasteiger partial charge on any atom is -0.481 e. The quantitative estimate of drug-likeness (QED) is 0.875. The molecule has 1 aliphatic rings. The minimum absolute atomic E-state index is 0.0863. The lowest BCUT2D eigenvalue weighted by Crippen LogP contribution is -2.38. The van der Waals surface area contributed by atoms with Crippen LogP contribution in [0.5, 0.6) is 5.75 Å². The maximum atomic E-state index is 12.2. The summed E-state index contributed by atoms with van der Waals surface area (Å²) >= 11 is 0. The number of amides is 1. The Labute approximate surface area is 127 Å². The van der Waals surface area contributed by atoms with E-state index >= 15 is 0 Å². The summed E-state index contributed by atoms with van der Waals surface area (Å²) in [6, 6.07) is 8.07. The lowest BCUT2D eigenvalue weighted by atomic mass is 10.0. The Morgan fingerprint density at radius 2 is 2.10 bits per heavy atom. The Bertz CT molecular complexity index is 470. The van der Waals surface area contributed by atoms with Crippen LogP contribution in [0.3, 0.4) is 0 Å². The monoisotopic (exact) mass is 290 g/mol. The van der Waals surface area contributed by atoms with E-state index in [1.807, 2.05) is 30.0 Å². The van der Waals surface area contributed by atoms with Gasteiger partial charge in [0.2, 0.25) is 0 Å². The van der Waals surface area contributed by atoms with E-state index in [-0.39, 0.29) is 11.9 Å². The molecule has 1 aliphatic heterocycles. The van der Waals surface area contributed by atoms with Gasteiger partial charge < -0.3 is 15.4 Å². The number of nitrogens with zero attached hydrogens (tertiary/aromatic N) is 1. The number of nitrogens with two attached hydrogens (primary N) is 1. The molecule has 21 heavy (non-hydrogen) atoms. The zero-order valence-corrected chi connectivity index (χ0v) is 13.0. The van der Waals surface area contributed by atoms with Crippen LogP contribution in [0.2, 0.25) is 0 Å². The summed E-state index contributed by atoms with van der Waals surface area (Å²) in [4.78, 5) is 14.1. The summed E-state index contributed by atoms with van der Waals surface area (Å²) < 4.78 is 5.81. The van der Waals surface area contributed by atoms with E-state index in [9.17, 15) is 4.79 Å². The van der Waals surface area contributed by atoms with Crippen molar-refractivity contribution >= 4 is 5.91 Å². The SMILES string of the molecule is CCC(N)Cc1cccc(OC(C)C(=O)N2CCCC2)c1. The Morgan fingerprint density at radius 3 is 2.76 bits per heavy atom. The maximum absolute atomic E-state index is 12.2. The molecule has 4 nitrogen and oxygen atoms in total. The predicted octanol–water partition coefficient (Wildman–Crippen LogP) is 2.36. The van der Waals surface area contributed by atoms with Crippen LogP contribution in [0.25, 0.3) is 0 Å². The Hall–Kier alpha value is -1.55. The maximum Gasteiger partial charge on any atom is 0.263 e. The van der Waals surface area contributed by atoms with E-state index in [0.29, 0.717) is 0 Å². The van der Waals surface area contributed by atoms with Crippen LogP contribution in [0.4, 0.5) is 0 Å². The molecule has 1 fully saturated rings. The van der Waals surface area contributed by atoms with Gasteiger partial charge in [0, 0.05) is 19.1 Å². The fraction of sp³-hybridized carbons (Fsp3) is 0.588. The van der Waals surface area contributed by atoms with Crippen molar-refractivity contribution in [1.29, 1.82) is 0 Å². The van der Waals surface area contributed by atoms with Gasteiger partial charge in [0.1, 0.15) is 5.75 Å². The highest BCUT2D eigenvalue weighted by Crippen LogP contribution is 2.18. The third-order valence-electron chi connectivity index (χ3n) is 4.00. The number of likely N-dealkylation sites (tertiary alicyclic amines) is 1. The van der Waals surface area contributed by atoms with Gasteiger partial charge in [0.05, 0.1) is 0 Å². The average molecular weight is 290 g/mol. The Kier molecular flexibility index (Phi) is 5.62. The van der Waals surface area contributed by atoms with E-state index in [0.717, 1.165) is 50.1 Å². The number of hydrogen-bond acceptors (Lipinski definition) is 3. The second-order valence-corrected chi connectivity index (χ2v) is 5.81. The second-order valence-electron chi connectivity index (χ2n) is 5.81. The average Bonchev–Trinajstić information content (AvgIpc) is 3.00. The van der Waals surface area contributed by atoms with Crippen LogP contribution in [0, 0.1) is 0 Å². The van der Waals surface area contributed by atoms with Crippen LogP contribution in [0.15, 0.2) is 24.3 Å². The van der Waals surface area contributed by atoms with E-state index in [2.05, 4.69) is 13.0 Å². The van der Waals surface area contributed by atoms with Gasteiger partial charge >= 0.3 is 0 Å². The van der Waals surface area contributed by atoms with Crippen molar-refractivity contribution in [3.8, 4) is 5.75 Å². The molecule has 2 unspecified atom stereocenters. The molecule has 2 rings (SSSR count). The van der Waals surface area contributed by atoms with Crippen molar-refractivity contribution in [3.63, 3.8) is 0 Å². The Morgan fingerprint density at radius 1 is 1.38 bits per heavy atom. The van der Waals surface area contributed by atoms with Crippen molar-refractivity contribution in [2.24, 2.45) is 5.73 Å². The fourth-order valence-electron chi connectivity index (χ4n) is 2.64. The summed E-state index contributed by atoms with van der Waals surface area (Å²) in [5, 5.41) is 0. The predicted molar refractivity (Wildman–Crippen MR) is 84.3 cm³/mol. The van der Waals surface area contributed by atoms with Crippen LogP contribution in [-0.4, -0.2) is 36.0 Å². The van der Waals surface area contributed by atoms with E-state index in [1.165, 1.54) is 0 Å². The van der Waals surface area contributed by atoms with Crippen molar-refractivity contribution in [2.75, 3.05) is 13.1 Å². The molecular formula is C17H26N2O2. The molecule has 0 aromatic heterocycles. The molecule has 116 valence electrons. The molecular weight excluding hydrogens is 264 g/mol. The lowest BCUT2D eigenvalue weighted by Gasteiger charge is -2.21. The molecule has 0 bridgehead atoms. The number of rotatable bonds is 6. The number of ether oxygens (including phenoxy) is 1. The van der Waals surface area contributed by atoms with Gasteiger partial charge in [0.25, 0.3) is 5.91 Å². The molecule has 1 heterocycles. The van der Waals surface area contributed by atoms with Crippen LogP contribution >= 0.6 is 0 Å². The first-order chi connectivity index (χ1) is 10.1. The topological polar surface area (TPSA) is 55.6 Å². The smallest absolute Gasteiger partial charge is 0.263 e. The minimum atomic E-state index is -0.432. The van der Waals surface area contributed by atoms with Gasteiger partial charge in [0.15, 0.2) is 6.10 Å². The summed E-state index contributed by atoms with van der Waals surface area (Å²) in [6.07, 6.45) is 3.56. The van der Waals surface area contributed by atoms with Crippen molar-refractivity contribution in [1.82, 2.24) is 4.90 Å². The highest BCUT2D eigenvalue weighted by molar-refractivity contribution is 5.81. The fourth-order valence-corrected chi connectivity index (χ4v) is 2.64. The van der Waals surface area contributed by atoms with Crippen LogP contribution in [0.1, 0.15) is 38.7 Å². The zero-order chi connectivity index (χ0) is 15.2. The lowest BCUT2D eigenvalue weighted by molar-refractivity contribution is -0.136. The molecule has 0 spiro atoms. The van der Waals surface area contributed by atoms with Gasteiger partial charge in [-0.15, -0.1) is 0 Å². The van der Waals surface area contributed by atoms with Gasteiger partial charge in [-0.25, -0.2) is 0 Å². The third kappa shape index (κ3) is 4.46. The normalized spacial score (nSPS) is 17.6. The van der Waals surface area contributed by atoms with E-state index in [4.69, 9.17) is 10.5 Å². The molecule has 0 saturated carbocycles. The molecule has 2 atom stereocenters. The van der Waals surface area contributed by atoms with Crippen molar-refractivity contribution in [3.05, 3.63) is 29.8 Å². The number of hydrogen-bond donors (Lipinski definition) is 1. The van der Waals surface area contributed by atoms with Crippen LogP contribution in [-0.2, 0) is 11.2 Å². The molecule has 2 N–H and O–H groups in total. The largest absolute Gasteiger partial charge is 0.481 e. The zero-order valence-electron chi connectivity index (χ0n) is 13.0. The van der Waals surface area contributed by atoms with Gasteiger partial charge in [-0.1, -0.05) is 19.1 Å². The first kappa shape index (κ1) is 15.8. The van der Waals surface area contributed by atoms with Crippen LogP contribution < -0.4 is 10.5 Å². The summed E-state index contributed by atoms with van der Waals surface area (Å²) in [5.41, 5.74) is 7.14. The molecule has 1 aromatic rings. The van der Waals surface area contributed by atoms with Gasteiger partial charge in [-0.05, 0) is 50.3 Å². The van der Waals surface area contributed by atoms with E-state index < -0.39 is 6.10 Å². The molecule has 0 radical (unpaired) electrons. The molecule has 1 aromatic carbocycles. The molecule has 1 saturated heterocycles. The first-order valence-electron chi connectivity index (χ1n) is 7.90. The van der Waals surface area contributed by atoms with Crippen molar-refractivity contribution in [2.45, 2.75) is 51.7 Å². The molecule has 4 heteroatoms. The van der Waals surface area contributed by atoms with Gasteiger partial charge in [-0.2, -0.15) is 0 Å².